The van der Waals surface area contributed by atoms with Gasteiger partial charge < -0.3 is 19.5 Å². The van der Waals surface area contributed by atoms with Gasteiger partial charge >= 0.3 is 0 Å². The number of rotatable bonds is 5. The number of nitrogens with zero attached hydrogens (tertiary/aromatic N) is 3. The molecule has 1 aromatic heterocycles. The fourth-order valence-electron chi connectivity index (χ4n) is 3.25. The smallest absolute Gasteiger partial charge is 0.259 e. The minimum absolute atomic E-state index is 0.206. The molecule has 144 valence electrons. The molecule has 1 atom stereocenters. The predicted octanol–water partition coefficient (Wildman–Crippen LogP) is 1.42. The van der Waals surface area contributed by atoms with Gasteiger partial charge in [-0.1, -0.05) is 30.3 Å². The predicted molar refractivity (Wildman–Crippen MR) is 101 cm³/mol. The Morgan fingerprint density at radius 2 is 1.89 bits per heavy atom. The van der Waals surface area contributed by atoms with E-state index in [9.17, 15) is 9.90 Å². The second-order valence-corrected chi connectivity index (χ2v) is 6.54. The first kappa shape index (κ1) is 19.1. The summed E-state index contributed by atoms with van der Waals surface area (Å²) in [5.41, 5.74) is 1.55. The lowest BCUT2D eigenvalue weighted by Crippen LogP contribution is -2.38. The second kappa shape index (κ2) is 8.83. The third-order valence-electron chi connectivity index (χ3n) is 4.59. The van der Waals surface area contributed by atoms with Crippen LogP contribution >= 0.6 is 0 Å². The van der Waals surface area contributed by atoms with Crippen LogP contribution in [0.5, 0.6) is 11.8 Å². The number of benzene rings is 1. The average Bonchev–Trinajstić information content (AvgIpc) is 2.88. The SMILES string of the molecule is COc1ccc(C(=O)N2CCN(Cc3ccccc3)C[C@@H](O)C2)c(OC)n1. The molecule has 1 fully saturated rings. The van der Waals surface area contributed by atoms with Gasteiger partial charge in [0.1, 0.15) is 5.56 Å². The van der Waals surface area contributed by atoms with Gasteiger partial charge in [0.15, 0.2) is 0 Å². The number of amides is 1. The Labute approximate surface area is 159 Å². The number of hydrogen-bond acceptors (Lipinski definition) is 6. The molecule has 7 heteroatoms. The summed E-state index contributed by atoms with van der Waals surface area (Å²) >= 11 is 0. The lowest BCUT2D eigenvalue weighted by molar-refractivity contribution is 0.0659. The summed E-state index contributed by atoms with van der Waals surface area (Å²) in [5.74, 6) is 0.398. The van der Waals surface area contributed by atoms with Crippen molar-refractivity contribution in [1.82, 2.24) is 14.8 Å². The molecular formula is C20H25N3O4. The quantitative estimate of drug-likeness (QED) is 0.857. The van der Waals surface area contributed by atoms with E-state index < -0.39 is 6.10 Å². The van der Waals surface area contributed by atoms with Gasteiger partial charge in [0, 0.05) is 38.8 Å². The van der Waals surface area contributed by atoms with Crippen LogP contribution in [-0.4, -0.2) is 72.3 Å². The van der Waals surface area contributed by atoms with Crippen molar-refractivity contribution in [3.63, 3.8) is 0 Å². The standard InChI is InChI=1S/C20H25N3O4/c1-26-18-9-8-17(19(21-18)27-2)20(25)23-11-10-22(13-16(24)14-23)12-15-6-4-3-5-7-15/h3-9,16,24H,10-14H2,1-2H3/t16-/m1/s1. The van der Waals surface area contributed by atoms with E-state index in [1.807, 2.05) is 18.2 Å². The van der Waals surface area contributed by atoms with Crippen LogP contribution in [0.1, 0.15) is 15.9 Å². The number of carbonyl (C=O) groups excluding carboxylic acids is 1. The number of hydrogen-bond donors (Lipinski definition) is 1. The van der Waals surface area contributed by atoms with Crippen LogP contribution < -0.4 is 9.47 Å². The molecular weight excluding hydrogens is 346 g/mol. The lowest BCUT2D eigenvalue weighted by Gasteiger charge is -2.22. The molecule has 1 amide bonds. The number of pyridine rings is 1. The molecule has 0 saturated carbocycles. The molecule has 1 saturated heterocycles. The highest BCUT2D eigenvalue weighted by molar-refractivity contribution is 5.96. The van der Waals surface area contributed by atoms with E-state index >= 15 is 0 Å². The number of carbonyl (C=O) groups is 1. The van der Waals surface area contributed by atoms with Gasteiger partial charge in [-0.15, -0.1) is 0 Å². The van der Waals surface area contributed by atoms with E-state index in [2.05, 4.69) is 22.0 Å². The maximum Gasteiger partial charge on any atom is 0.259 e. The Kier molecular flexibility index (Phi) is 6.26. The van der Waals surface area contributed by atoms with E-state index in [1.165, 1.54) is 19.8 Å². The monoisotopic (exact) mass is 371 g/mol. The van der Waals surface area contributed by atoms with Gasteiger partial charge in [0.25, 0.3) is 5.91 Å². The Hall–Kier alpha value is -2.64. The zero-order valence-corrected chi connectivity index (χ0v) is 15.7. The van der Waals surface area contributed by atoms with Crippen molar-refractivity contribution in [3.8, 4) is 11.8 Å². The van der Waals surface area contributed by atoms with Crippen LogP contribution in [0.4, 0.5) is 0 Å². The molecule has 2 aromatic rings. The minimum atomic E-state index is -0.614. The number of aliphatic hydroxyl groups is 1. The molecule has 7 nitrogen and oxygen atoms in total. The molecule has 3 rings (SSSR count). The van der Waals surface area contributed by atoms with Crippen molar-refractivity contribution in [2.24, 2.45) is 0 Å². The first-order valence-electron chi connectivity index (χ1n) is 8.93. The Bertz CT molecular complexity index is 769. The first-order valence-corrected chi connectivity index (χ1v) is 8.93. The summed E-state index contributed by atoms with van der Waals surface area (Å²) in [6, 6.07) is 13.4. The second-order valence-electron chi connectivity index (χ2n) is 6.54. The molecule has 1 aliphatic heterocycles. The van der Waals surface area contributed by atoms with Crippen LogP contribution in [0.3, 0.4) is 0 Å². The lowest BCUT2D eigenvalue weighted by atomic mass is 10.2. The van der Waals surface area contributed by atoms with Crippen molar-refractivity contribution < 1.29 is 19.4 Å². The zero-order valence-electron chi connectivity index (χ0n) is 15.7. The molecule has 2 heterocycles. The zero-order chi connectivity index (χ0) is 19.2. The summed E-state index contributed by atoms with van der Waals surface area (Å²) in [6.07, 6.45) is -0.614. The van der Waals surface area contributed by atoms with Crippen molar-refractivity contribution in [1.29, 1.82) is 0 Å². The highest BCUT2D eigenvalue weighted by atomic mass is 16.5. The molecule has 1 aromatic carbocycles. The van der Waals surface area contributed by atoms with Crippen molar-refractivity contribution >= 4 is 5.91 Å². The summed E-state index contributed by atoms with van der Waals surface area (Å²) in [4.78, 5) is 21.0. The first-order chi connectivity index (χ1) is 13.1. The van der Waals surface area contributed by atoms with Crippen molar-refractivity contribution in [2.75, 3.05) is 40.4 Å². The van der Waals surface area contributed by atoms with Gasteiger partial charge in [0.2, 0.25) is 11.8 Å². The van der Waals surface area contributed by atoms with Gasteiger partial charge in [-0.25, -0.2) is 0 Å². The minimum Gasteiger partial charge on any atom is -0.481 e. The van der Waals surface area contributed by atoms with E-state index in [-0.39, 0.29) is 18.3 Å². The number of aliphatic hydroxyl groups excluding tert-OH is 1. The van der Waals surface area contributed by atoms with Crippen LogP contribution in [0, 0.1) is 0 Å². The molecule has 1 N–H and O–H groups in total. The van der Waals surface area contributed by atoms with Gasteiger partial charge in [-0.2, -0.15) is 4.98 Å². The maximum atomic E-state index is 13.0. The molecule has 0 unspecified atom stereocenters. The summed E-state index contributed by atoms with van der Waals surface area (Å²) < 4.78 is 10.3. The van der Waals surface area contributed by atoms with Crippen molar-refractivity contribution in [3.05, 3.63) is 53.6 Å². The highest BCUT2D eigenvalue weighted by Crippen LogP contribution is 2.22. The number of β-amino-alcohol motifs (C(OH)–C–C–N with tert-alkyl or cyclic N) is 1. The number of ether oxygens (including phenoxy) is 2. The fraction of sp³-hybridized carbons (Fsp3) is 0.400. The van der Waals surface area contributed by atoms with Crippen LogP contribution in [0.15, 0.2) is 42.5 Å². The fourth-order valence-corrected chi connectivity index (χ4v) is 3.25. The summed E-state index contributed by atoms with van der Waals surface area (Å²) in [6.45, 7) is 2.75. The average molecular weight is 371 g/mol. The normalized spacial score (nSPS) is 18.0. The molecule has 0 spiro atoms. The van der Waals surface area contributed by atoms with E-state index in [1.54, 1.807) is 17.0 Å². The van der Waals surface area contributed by atoms with E-state index in [0.29, 0.717) is 31.1 Å². The van der Waals surface area contributed by atoms with Gasteiger partial charge in [-0.05, 0) is 11.6 Å². The summed E-state index contributed by atoms with van der Waals surface area (Å²) in [5, 5.41) is 10.4. The Morgan fingerprint density at radius 1 is 1.11 bits per heavy atom. The molecule has 1 aliphatic rings. The Morgan fingerprint density at radius 3 is 2.59 bits per heavy atom. The third-order valence-corrected chi connectivity index (χ3v) is 4.59. The number of aromatic nitrogens is 1. The van der Waals surface area contributed by atoms with E-state index in [4.69, 9.17) is 9.47 Å². The molecule has 0 aliphatic carbocycles. The third kappa shape index (κ3) is 4.75. The van der Waals surface area contributed by atoms with Crippen molar-refractivity contribution in [2.45, 2.75) is 12.6 Å². The van der Waals surface area contributed by atoms with Crippen LogP contribution in [0.25, 0.3) is 0 Å². The molecule has 27 heavy (non-hydrogen) atoms. The van der Waals surface area contributed by atoms with Gasteiger partial charge in [0.05, 0.1) is 20.3 Å². The molecule has 0 bridgehead atoms. The molecule has 0 radical (unpaired) electrons. The van der Waals surface area contributed by atoms with Crippen LogP contribution in [-0.2, 0) is 6.54 Å². The Balaban J connectivity index is 1.71. The van der Waals surface area contributed by atoms with Gasteiger partial charge in [-0.3, -0.25) is 9.69 Å². The summed E-state index contributed by atoms with van der Waals surface area (Å²) in [7, 11) is 2.98. The maximum absolute atomic E-state index is 13.0. The van der Waals surface area contributed by atoms with Crippen LogP contribution in [0.2, 0.25) is 0 Å². The highest BCUT2D eigenvalue weighted by Gasteiger charge is 2.27. The largest absolute Gasteiger partial charge is 0.481 e. The number of methoxy groups -OCH3 is 2. The van der Waals surface area contributed by atoms with E-state index in [0.717, 1.165) is 6.54 Å². The topological polar surface area (TPSA) is 75.1 Å².